The number of para-hydroxylation sites is 1. The second-order valence-corrected chi connectivity index (χ2v) is 11.4. The monoisotopic (exact) mass is 568 g/mol. The molecular weight excluding hydrogens is 540 g/mol. The first-order chi connectivity index (χ1) is 21.8. The van der Waals surface area contributed by atoms with Crippen LogP contribution in [0.5, 0.6) is 0 Å². The Hall–Kier alpha value is -5.62. The molecule has 9 rings (SSSR count). The zero-order chi connectivity index (χ0) is 29.0. The molecule has 44 heavy (non-hydrogen) atoms. The molecule has 6 nitrogen and oxygen atoms in total. The molecule has 0 aliphatic heterocycles. The first-order valence-electron chi connectivity index (χ1n) is 15.2. The van der Waals surface area contributed by atoms with Gasteiger partial charge in [0.2, 0.25) is 0 Å². The fourth-order valence-corrected chi connectivity index (χ4v) is 7.04. The number of benzene rings is 4. The zero-order valence-corrected chi connectivity index (χ0v) is 24.1. The minimum absolute atomic E-state index is 0.731. The van der Waals surface area contributed by atoms with Crippen LogP contribution in [0.15, 0.2) is 122 Å². The van der Waals surface area contributed by atoms with E-state index in [2.05, 4.69) is 114 Å². The van der Waals surface area contributed by atoms with Gasteiger partial charge in [0.1, 0.15) is 0 Å². The predicted octanol–water partition coefficient (Wildman–Crippen LogP) is 8.52. The van der Waals surface area contributed by atoms with Gasteiger partial charge in [0.25, 0.3) is 0 Å². The van der Waals surface area contributed by atoms with E-state index in [1.807, 2.05) is 12.1 Å². The van der Waals surface area contributed by atoms with E-state index in [-0.39, 0.29) is 0 Å². The Morgan fingerprint density at radius 3 is 1.66 bits per heavy atom. The molecule has 0 radical (unpaired) electrons. The van der Waals surface area contributed by atoms with Crippen molar-refractivity contribution >= 4 is 32.7 Å². The van der Waals surface area contributed by atoms with Crippen LogP contribution in [0, 0.1) is 0 Å². The van der Waals surface area contributed by atoms with E-state index in [1.165, 1.54) is 62.5 Å². The van der Waals surface area contributed by atoms with Crippen molar-refractivity contribution in [2.75, 3.05) is 0 Å². The van der Waals surface area contributed by atoms with Gasteiger partial charge >= 0.3 is 0 Å². The van der Waals surface area contributed by atoms with Crippen LogP contribution in [0.25, 0.3) is 66.9 Å². The summed E-state index contributed by atoms with van der Waals surface area (Å²) in [4.78, 5) is 17.9. The lowest BCUT2D eigenvalue weighted by molar-refractivity contribution is 0.667. The van der Waals surface area contributed by atoms with Crippen molar-refractivity contribution in [1.29, 1.82) is 0 Å². The third kappa shape index (κ3) is 3.81. The molecular formula is C38H28N6. The summed E-state index contributed by atoms with van der Waals surface area (Å²) in [7, 11) is 0. The highest BCUT2D eigenvalue weighted by Crippen LogP contribution is 2.42. The third-order valence-electron chi connectivity index (χ3n) is 8.97. The van der Waals surface area contributed by atoms with Gasteiger partial charge in [0.15, 0.2) is 11.6 Å². The average molecular weight is 569 g/mol. The van der Waals surface area contributed by atoms with Crippen LogP contribution in [-0.2, 0) is 12.8 Å². The van der Waals surface area contributed by atoms with E-state index in [9.17, 15) is 0 Å². The van der Waals surface area contributed by atoms with Crippen LogP contribution in [0.3, 0.4) is 0 Å². The fourth-order valence-electron chi connectivity index (χ4n) is 7.04. The lowest BCUT2D eigenvalue weighted by Crippen LogP contribution is -2.07. The van der Waals surface area contributed by atoms with Gasteiger partial charge in [-0.2, -0.15) is 0 Å². The van der Waals surface area contributed by atoms with Gasteiger partial charge in [-0.15, -0.1) is 0 Å². The Labute approximate surface area is 254 Å². The Morgan fingerprint density at radius 2 is 1.00 bits per heavy atom. The van der Waals surface area contributed by atoms with E-state index in [4.69, 9.17) is 0 Å². The first kappa shape index (κ1) is 24.9. The fraction of sp³-hybridized carbons (Fsp3) is 0.105. The van der Waals surface area contributed by atoms with E-state index >= 15 is 0 Å². The molecule has 0 unspecified atom stereocenters. The molecule has 8 aromatic rings. The van der Waals surface area contributed by atoms with Gasteiger partial charge in [-0.3, -0.25) is 0 Å². The first-order valence-corrected chi connectivity index (χ1v) is 15.2. The summed E-state index contributed by atoms with van der Waals surface area (Å²) in [6.45, 7) is 0. The highest BCUT2D eigenvalue weighted by molar-refractivity contribution is 6.19. The van der Waals surface area contributed by atoms with E-state index in [0.29, 0.717) is 0 Å². The summed E-state index contributed by atoms with van der Waals surface area (Å²) in [5, 5.41) is 3.86. The highest BCUT2D eigenvalue weighted by Gasteiger charge is 2.25. The molecule has 0 saturated carbocycles. The maximum atomic E-state index is 4.47. The van der Waals surface area contributed by atoms with Gasteiger partial charge < -0.3 is 9.13 Å². The summed E-state index contributed by atoms with van der Waals surface area (Å²) < 4.78 is 4.97. The summed E-state index contributed by atoms with van der Waals surface area (Å²) in [5.74, 6) is 1.47. The summed E-state index contributed by atoms with van der Waals surface area (Å²) in [6.07, 6.45) is 11.8. The van der Waals surface area contributed by atoms with Crippen molar-refractivity contribution in [3.8, 4) is 34.2 Å². The number of hydrogen-bond donors (Lipinski definition) is 0. The normalized spacial score (nSPS) is 13.1. The van der Waals surface area contributed by atoms with Crippen molar-refractivity contribution in [3.05, 3.63) is 133 Å². The molecule has 0 bridgehead atoms. The van der Waals surface area contributed by atoms with Gasteiger partial charge in [-0.1, -0.05) is 30.3 Å². The smallest absolute Gasteiger partial charge is 0.159 e. The Balaban J connectivity index is 1.33. The molecule has 0 N–H and O–H groups in total. The quantitative estimate of drug-likeness (QED) is 0.214. The van der Waals surface area contributed by atoms with Gasteiger partial charge in [-0.05, 0) is 98.0 Å². The third-order valence-corrected chi connectivity index (χ3v) is 8.97. The lowest BCUT2D eigenvalue weighted by Gasteiger charge is -2.17. The minimum atomic E-state index is 0.731. The summed E-state index contributed by atoms with van der Waals surface area (Å²) in [6, 6.07) is 34.5. The molecule has 4 aromatic heterocycles. The highest BCUT2D eigenvalue weighted by atomic mass is 15.1. The largest absolute Gasteiger partial charge is 0.311 e. The molecule has 4 aromatic carbocycles. The minimum Gasteiger partial charge on any atom is -0.311 e. The molecule has 0 amide bonds. The molecule has 0 fully saturated rings. The number of fused-ring (bicyclic) bond motifs is 7. The van der Waals surface area contributed by atoms with Crippen molar-refractivity contribution in [2.24, 2.45) is 0 Å². The van der Waals surface area contributed by atoms with Crippen LogP contribution < -0.4 is 0 Å². The van der Waals surface area contributed by atoms with Crippen LogP contribution in [-0.4, -0.2) is 29.1 Å². The Bertz CT molecular complexity index is 2300. The van der Waals surface area contributed by atoms with E-state index < -0.39 is 0 Å². The van der Waals surface area contributed by atoms with Crippen molar-refractivity contribution in [2.45, 2.75) is 25.7 Å². The lowest BCUT2D eigenvalue weighted by atomic mass is 9.95. The summed E-state index contributed by atoms with van der Waals surface area (Å²) in [5.41, 5.74) is 10.9. The number of rotatable bonds is 4. The standard InChI is InChI=1S/C38H28N6/c1-3-9-33-29(7-1)31-19-20-32-30-8-2-4-10-34(30)44(28-17-13-26(14-18-28)38-41-23-6-24-42-38)36(32)35(31)43(33)27-15-11-25(12-16-27)37-39-21-5-22-40-37/h1,3,5-7,9,11-24H,2,4,8,10H2. The van der Waals surface area contributed by atoms with Crippen LogP contribution in [0.4, 0.5) is 0 Å². The maximum Gasteiger partial charge on any atom is 0.159 e. The molecule has 0 atom stereocenters. The van der Waals surface area contributed by atoms with E-state index in [1.54, 1.807) is 24.8 Å². The second kappa shape index (κ2) is 9.99. The molecule has 0 spiro atoms. The number of aromatic nitrogens is 6. The molecule has 0 saturated heterocycles. The summed E-state index contributed by atoms with van der Waals surface area (Å²) >= 11 is 0. The molecule has 6 heteroatoms. The Morgan fingerprint density at radius 1 is 0.455 bits per heavy atom. The number of aryl methyl sites for hydroxylation is 1. The van der Waals surface area contributed by atoms with Crippen molar-refractivity contribution in [1.82, 2.24) is 29.1 Å². The predicted molar refractivity (Wildman–Crippen MR) is 176 cm³/mol. The second-order valence-electron chi connectivity index (χ2n) is 11.4. The molecule has 1 aliphatic rings. The van der Waals surface area contributed by atoms with Crippen LogP contribution in [0.1, 0.15) is 24.1 Å². The number of hydrogen-bond acceptors (Lipinski definition) is 4. The topological polar surface area (TPSA) is 61.4 Å². The van der Waals surface area contributed by atoms with Crippen molar-refractivity contribution < 1.29 is 0 Å². The van der Waals surface area contributed by atoms with Crippen LogP contribution in [0.2, 0.25) is 0 Å². The van der Waals surface area contributed by atoms with Gasteiger partial charge in [-0.25, -0.2) is 19.9 Å². The molecule has 210 valence electrons. The molecule has 4 heterocycles. The van der Waals surface area contributed by atoms with Gasteiger partial charge in [0.05, 0.1) is 16.6 Å². The molecule has 1 aliphatic carbocycles. The van der Waals surface area contributed by atoms with Crippen molar-refractivity contribution in [3.63, 3.8) is 0 Å². The maximum absolute atomic E-state index is 4.47. The SMILES string of the molecule is c1cnc(-c2ccc(-n3c4c(c5ccc6c7ccccc7n(-c7ccc(-c8ncccn8)cc7)c6c53)CCCC4)cc2)nc1. The zero-order valence-electron chi connectivity index (χ0n) is 24.1. The van der Waals surface area contributed by atoms with Crippen LogP contribution >= 0.6 is 0 Å². The van der Waals surface area contributed by atoms with E-state index in [0.717, 1.165) is 41.3 Å². The van der Waals surface area contributed by atoms with Gasteiger partial charge in [0, 0.05) is 69.1 Å². The number of nitrogens with zero attached hydrogens (tertiary/aromatic N) is 6. The Kier molecular flexibility index (Phi) is 5.66. The average Bonchev–Trinajstić information content (AvgIpc) is 3.62.